The Balaban J connectivity index is 3.37. The first-order valence-electron chi connectivity index (χ1n) is 3.91. The normalized spacial score (nSPS) is 12.4. The van der Waals surface area contributed by atoms with Crippen LogP contribution in [0.1, 0.15) is 12.8 Å². The lowest BCUT2D eigenvalue weighted by molar-refractivity contribution is 0.304. The van der Waals surface area contributed by atoms with Crippen molar-refractivity contribution >= 4 is 5.84 Å². The highest BCUT2D eigenvalue weighted by Gasteiger charge is 1.99. The van der Waals surface area contributed by atoms with Crippen LogP contribution in [0, 0.1) is 0 Å². The minimum absolute atomic E-state index is 0.210. The number of alkyl halides is 1. The second-order valence-electron chi connectivity index (χ2n) is 2.69. The molecule has 0 aromatic carbocycles. The van der Waals surface area contributed by atoms with Gasteiger partial charge in [-0.2, -0.15) is 0 Å². The molecule has 0 atom stereocenters. The van der Waals surface area contributed by atoms with Crippen LogP contribution in [0.15, 0.2) is 5.16 Å². The first kappa shape index (κ1) is 11.2. The third kappa shape index (κ3) is 5.91. The summed E-state index contributed by atoms with van der Waals surface area (Å²) < 4.78 is 11.7. The van der Waals surface area contributed by atoms with E-state index < -0.39 is 0 Å². The van der Waals surface area contributed by atoms with Gasteiger partial charge in [0.25, 0.3) is 0 Å². The fraction of sp³-hybridized carbons (Fsp3) is 0.857. The molecule has 0 fully saturated rings. The SMILES string of the molecule is CN(CCCF)CCC(N)=NO. The van der Waals surface area contributed by atoms with E-state index in [9.17, 15) is 4.39 Å². The van der Waals surface area contributed by atoms with Gasteiger partial charge in [0.05, 0.1) is 6.67 Å². The van der Waals surface area contributed by atoms with Crippen molar-refractivity contribution in [3.63, 3.8) is 0 Å². The average molecular weight is 177 g/mol. The van der Waals surface area contributed by atoms with Gasteiger partial charge in [0.2, 0.25) is 0 Å². The Hall–Kier alpha value is -0.840. The van der Waals surface area contributed by atoms with E-state index in [0.29, 0.717) is 25.9 Å². The van der Waals surface area contributed by atoms with Crippen LogP contribution < -0.4 is 5.73 Å². The van der Waals surface area contributed by atoms with Gasteiger partial charge in [-0.25, -0.2) is 0 Å². The highest BCUT2D eigenvalue weighted by molar-refractivity contribution is 5.79. The topological polar surface area (TPSA) is 61.8 Å². The van der Waals surface area contributed by atoms with Gasteiger partial charge >= 0.3 is 0 Å². The largest absolute Gasteiger partial charge is 0.409 e. The molecule has 0 radical (unpaired) electrons. The number of amidine groups is 1. The Kier molecular flexibility index (Phi) is 6.37. The fourth-order valence-electron chi connectivity index (χ4n) is 0.797. The summed E-state index contributed by atoms with van der Waals surface area (Å²) in [4.78, 5) is 1.94. The molecule has 0 aliphatic heterocycles. The molecule has 0 rings (SSSR count). The van der Waals surface area contributed by atoms with Gasteiger partial charge in [0.15, 0.2) is 0 Å². The lowest BCUT2D eigenvalue weighted by Gasteiger charge is -2.14. The average Bonchev–Trinajstić information content (AvgIpc) is 2.10. The van der Waals surface area contributed by atoms with E-state index in [1.54, 1.807) is 0 Å². The van der Waals surface area contributed by atoms with E-state index in [0.717, 1.165) is 0 Å². The Morgan fingerprint density at radius 1 is 1.58 bits per heavy atom. The maximum atomic E-state index is 11.7. The van der Waals surface area contributed by atoms with Gasteiger partial charge in [-0.3, -0.25) is 4.39 Å². The number of hydrogen-bond donors (Lipinski definition) is 2. The summed E-state index contributed by atoms with van der Waals surface area (Å²) in [7, 11) is 1.88. The first-order valence-corrected chi connectivity index (χ1v) is 3.91. The van der Waals surface area contributed by atoms with Crippen molar-refractivity contribution in [1.29, 1.82) is 0 Å². The predicted molar refractivity (Wildman–Crippen MR) is 46.1 cm³/mol. The standard InChI is InChI=1S/C7H16FN3O/c1-11(5-2-4-8)6-3-7(9)10-12/h12H,2-6H2,1H3,(H2,9,10). The van der Waals surface area contributed by atoms with Gasteiger partial charge in [-0.1, -0.05) is 5.16 Å². The van der Waals surface area contributed by atoms with Crippen LogP contribution in [-0.4, -0.2) is 42.8 Å². The predicted octanol–water partition coefficient (Wildman–Crippen LogP) is 0.414. The van der Waals surface area contributed by atoms with Gasteiger partial charge in [-0.15, -0.1) is 0 Å². The zero-order chi connectivity index (χ0) is 9.40. The maximum Gasteiger partial charge on any atom is 0.140 e. The van der Waals surface area contributed by atoms with Gasteiger partial charge in [0.1, 0.15) is 5.84 Å². The van der Waals surface area contributed by atoms with Crippen molar-refractivity contribution in [2.24, 2.45) is 10.9 Å². The van der Waals surface area contributed by atoms with Crippen LogP contribution in [0.4, 0.5) is 4.39 Å². The molecule has 0 spiro atoms. The van der Waals surface area contributed by atoms with Crippen molar-refractivity contribution in [1.82, 2.24) is 4.90 Å². The highest BCUT2D eigenvalue weighted by atomic mass is 19.1. The van der Waals surface area contributed by atoms with Crippen molar-refractivity contribution in [3.05, 3.63) is 0 Å². The van der Waals surface area contributed by atoms with Crippen LogP contribution in [-0.2, 0) is 0 Å². The molecule has 0 aromatic heterocycles. The van der Waals surface area contributed by atoms with Gasteiger partial charge in [-0.05, 0) is 13.5 Å². The smallest absolute Gasteiger partial charge is 0.140 e. The van der Waals surface area contributed by atoms with Crippen LogP contribution in [0.25, 0.3) is 0 Å². The highest BCUT2D eigenvalue weighted by Crippen LogP contribution is 1.90. The van der Waals surface area contributed by atoms with Crippen molar-refractivity contribution in [2.75, 3.05) is 26.8 Å². The van der Waals surface area contributed by atoms with Crippen LogP contribution >= 0.6 is 0 Å². The number of nitrogens with zero attached hydrogens (tertiary/aromatic N) is 2. The number of oxime groups is 1. The van der Waals surface area contributed by atoms with E-state index in [4.69, 9.17) is 10.9 Å². The summed E-state index contributed by atoms with van der Waals surface area (Å²) in [5, 5.41) is 11.0. The summed E-state index contributed by atoms with van der Waals surface area (Å²) in [6.07, 6.45) is 1.05. The summed E-state index contributed by atoms with van der Waals surface area (Å²) in [6.45, 7) is 1.10. The summed E-state index contributed by atoms with van der Waals surface area (Å²) >= 11 is 0. The van der Waals surface area contributed by atoms with E-state index >= 15 is 0 Å². The molecule has 0 saturated heterocycles. The number of hydrogen-bond acceptors (Lipinski definition) is 3. The van der Waals surface area contributed by atoms with Crippen molar-refractivity contribution in [3.8, 4) is 0 Å². The van der Waals surface area contributed by atoms with E-state index in [1.165, 1.54) is 0 Å². The van der Waals surface area contributed by atoms with Gasteiger partial charge < -0.3 is 15.8 Å². The third-order valence-electron chi connectivity index (χ3n) is 1.55. The summed E-state index contributed by atoms with van der Waals surface area (Å²) in [6, 6.07) is 0. The Labute approximate surface area is 71.8 Å². The fourth-order valence-corrected chi connectivity index (χ4v) is 0.797. The Bertz CT molecular complexity index is 141. The molecule has 3 N–H and O–H groups in total. The molecule has 0 saturated carbocycles. The molecule has 0 heterocycles. The first-order chi connectivity index (χ1) is 5.70. The van der Waals surface area contributed by atoms with Crippen LogP contribution in [0.5, 0.6) is 0 Å². The van der Waals surface area contributed by atoms with E-state index in [2.05, 4.69) is 5.16 Å². The Morgan fingerprint density at radius 2 is 2.25 bits per heavy atom. The zero-order valence-corrected chi connectivity index (χ0v) is 7.33. The van der Waals surface area contributed by atoms with Gasteiger partial charge in [0, 0.05) is 19.5 Å². The summed E-state index contributed by atoms with van der Waals surface area (Å²) in [5.74, 6) is 0.210. The molecule has 0 aliphatic carbocycles. The molecular formula is C7H16FN3O. The number of rotatable bonds is 6. The molecule has 0 amide bonds. The van der Waals surface area contributed by atoms with E-state index in [1.807, 2.05) is 11.9 Å². The molecule has 0 aromatic rings. The Morgan fingerprint density at radius 3 is 2.75 bits per heavy atom. The van der Waals surface area contributed by atoms with Crippen molar-refractivity contribution < 1.29 is 9.60 Å². The minimum atomic E-state index is -0.298. The lowest BCUT2D eigenvalue weighted by atomic mass is 10.3. The second-order valence-corrected chi connectivity index (χ2v) is 2.69. The minimum Gasteiger partial charge on any atom is -0.409 e. The molecule has 0 bridgehead atoms. The molecule has 4 nitrogen and oxygen atoms in total. The zero-order valence-electron chi connectivity index (χ0n) is 7.33. The van der Waals surface area contributed by atoms with Crippen molar-refractivity contribution in [2.45, 2.75) is 12.8 Å². The number of halogens is 1. The molecule has 72 valence electrons. The van der Waals surface area contributed by atoms with Crippen LogP contribution in [0.3, 0.4) is 0 Å². The molecule has 0 unspecified atom stereocenters. The molecule has 12 heavy (non-hydrogen) atoms. The second kappa shape index (κ2) is 6.84. The third-order valence-corrected chi connectivity index (χ3v) is 1.55. The monoisotopic (exact) mass is 177 g/mol. The van der Waals surface area contributed by atoms with E-state index in [-0.39, 0.29) is 12.5 Å². The quantitative estimate of drug-likeness (QED) is 0.267. The maximum absolute atomic E-state index is 11.7. The number of nitrogens with two attached hydrogens (primary N) is 1. The molecule has 0 aliphatic rings. The molecule has 5 heteroatoms. The summed E-state index contributed by atoms with van der Waals surface area (Å²) in [5.41, 5.74) is 5.25. The lowest BCUT2D eigenvalue weighted by Crippen LogP contribution is -2.25. The molecular weight excluding hydrogens is 161 g/mol. The van der Waals surface area contributed by atoms with Crippen LogP contribution in [0.2, 0.25) is 0 Å².